The number of rotatable bonds is 3. The van der Waals surface area contributed by atoms with E-state index in [4.69, 9.17) is 4.74 Å². The van der Waals surface area contributed by atoms with Crippen molar-refractivity contribution in [2.75, 3.05) is 0 Å². The van der Waals surface area contributed by atoms with E-state index in [9.17, 15) is 14.3 Å². The second kappa shape index (κ2) is 6.28. The molecule has 0 aliphatic heterocycles. The number of hydrogen-bond acceptors (Lipinski definition) is 3. The minimum atomic E-state index is -0.545. The lowest BCUT2D eigenvalue weighted by atomic mass is 9.99. The quantitative estimate of drug-likeness (QED) is 0.874. The number of aliphatic hydroxyl groups excluding tert-OH is 1. The number of hydrogen-bond donors (Lipinski definition) is 1. The predicted molar refractivity (Wildman–Crippen MR) is 82.9 cm³/mol. The monoisotopic (exact) mass is 302 g/mol. The molecule has 0 bridgehead atoms. The van der Waals surface area contributed by atoms with Crippen molar-refractivity contribution < 1.29 is 19.0 Å². The van der Waals surface area contributed by atoms with Crippen molar-refractivity contribution in [3.8, 4) is 11.1 Å². The molecular weight excluding hydrogens is 283 g/mol. The molecule has 0 fully saturated rings. The molecule has 0 heterocycles. The summed E-state index contributed by atoms with van der Waals surface area (Å²) in [5, 5.41) is 9.33. The molecule has 0 saturated carbocycles. The molecule has 0 amide bonds. The van der Waals surface area contributed by atoms with Crippen molar-refractivity contribution in [1.82, 2.24) is 0 Å². The summed E-state index contributed by atoms with van der Waals surface area (Å²) in [6.45, 7) is 5.18. The van der Waals surface area contributed by atoms with Crippen LogP contribution in [-0.4, -0.2) is 16.7 Å². The summed E-state index contributed by atoms with van der Waals surface area (Å²) in [4.78, 5) is 12.0. The van der Waals surface area contributed by atoms with E-state index in [1.54, 1.807) is 30.3 Å². The van der Waals surface area contributed by atoms with Gasteiger partial charge in [0.2, 0.25) is 0 Å². The maximum atomic E-state index is 13.2. The zero-order valence-corrected chi connectivity index (χ0v) is 12.9. The van der Waals surface area contributed by atoms with E-state index in [1.807, 2.05) is 20.8 Å². The van der Waals surface area contributed by atoms with Gasteiger partial charge in [-0.1, -0.05) is 18.2 Å². The van der Waals surface area contributed by atoms with Crippen molar-refractivity contribution in [2.45, 2.75) is 33.0 Å². The largest absolute Gasteiger partial charge is 0.456 e. The first-order valence-corrected chi connectivity index (χ1v) is 7.03. The highest BCUT2D eigenvalue weighted by molar-refractivity contribution is 5.90. The molecule has 0 spiro atoms. The van der Waals surface area contributed by atoms with Gasteiger partial charge in [0.25, 0.3) is 0 Å². The first-order chi connectivity index (χ1) is 10.3. The number of halogens is 1. The highest BCUT2D eigenvalue weighted by atomic mass is 19.1. The van der Waals surface area contributed by atoms with Crippen LogP contribution in [0.1, 0.15) is 36.7 Å². The maximum absolute atomic E-state index is 13.2. The van der Waals surface area contributed by atoms with Crippen LogP contribution in [0.3, 0.4) is 0 Å². The third kappa shape index (κ3) is 3.92. The van der Waals surface area contributed by atoms with Crippen LogP contribution in [0.2, 0.25) is 0 Å². The summed E-state index contributed by atoms with van der Waals surface area (Å²) < 4.78 is 18.5. The Labute approximate surface area is 129 Å². The van der Waals surface area contributed by atoms with Crippen molar-refractivity contribution in [3.63, 3.8) is 0 Å². The fraction of sp³-hybridized carbons (Fsp3) is 0.278. The second-order valence-corrected chi connectivity index (χ2v) is 6.04. The van der Waals surface area contributed by atoms with Gasteiger partial charge >= 0.3 is 5.97 Å². The number of benzene rings is 2. The van der Waals surface area contributed by atoms with E-state index in [2.05, 4.69) is 0 Å². The average molecular weight is 302 g/mol. The molecule has 0 aliphatic carbocycles. The lowest BCUT2D eigenvalue weighted by Gasteiger charge is -2.19. The van der Waals surface area contributed by atoms with Crippen LogP contribution in [0.15, 0.2) is 42.5 Å². The summed E-state index contributed by atoms with van der Waals surface area (Å²) in [5.74, 6) is -0.779. The predicted octanol–water partition coefficient (Wildman–Crippen LogP) is 3.94. The fourth-order valence-corrected chi connectivity index (χ4v) is 2.10. The second-order valence-electron chi connectivity index (χ2n) is 6.04. The Hall–Kier alpha value is -2.20. The Bertz CT molecular complexity index is 670. The van der Waals surface area contributed by atoms with Crippen LogP contribution < -0.4 is 0 Å². The first kappa shape index (κ1) is 16.2. The highest BCUT2D eigenvalue weighted by Gasteiger charge is 2.17. The number of carbonyl (C=O) groups is 1. The summed E-state index contributed by atoms with van der Waals surface area (Å²) in [6, 6.07) is 11.1. The Morgan fingerprint density at radius 2 is 1.77 bits per heavy atom. The van der Waals surface area contributed by atoms with Gasteiger partial charge in [-0.2, -0.15) is 0 Å². The van der Waals surface area contributed by atoms with Crippen LogP contribution >= 0.6 is 0 Å². The Morgan fingerprint density at radius 1 is 1.14 bits per heavy atom. The molecule has 0 radical (unpaired) electrons. The van der Waals surface area contributed by atoms with E-state index < -0.39 is 11.4 Å². The fourth-order valence-electron chi connectivity index (χ4n) is 2.10. The molecule has 22 heavy (non-hydrogen) atoms. The number of esters is 1. The summed E-state index contributed by atoms with van der Waals surface area (Å²) in [7, 11) is 0. The highest BCUT2D eigenvalue weighted by Crippen LogP contribution is 2.25. The molecule has 2 rings (SSSR count). The smallest absolute Gasteiger partial charge is 0.338 e. The molecular formula is C18H19FO3. The molecule has 0 unspecified atom stereocenters. The Kier molecular flexibility index (Phi) is 4.62. The van der Waals surface area contributed by atoms with Crippen LogP contribution in [0, 0.1) is 5.82 Å². The van der Waals surface area contributed by atoms with Crippen LogP contribution in [0.5, 0.6) is 0 Å². The third-order valence-corrected chi connectivity index (χ3v) is 3.07. The topological polar surface area (TPSA) is 46.5 Å². The van der Waals surface area contributed by atoms with E-state index in [1.165, 1.54) is 12.1 Å². The van der Waals surface area contributed by atoms with Crippen LogP contribution in [0.4, 0.5) is 4.39 Å². The molecule has 2 aromatic rings. The van der Waals surface area contributed by atoms with Gasteiger partial charge in [-0.15, -0.1) is 0 Å². The molecule has 3 nitrogen and oxygen atoms in total. The molecule has 0 saturated heterocycles. The normalized spacial score (nSPS) is 11.3. The van der Waals surface area contributed by atoms with Gasteiger partial charge in [0.15, 0.2) is 0 Å². The first-order valence-electron chi connectivity index (χ1n) is 7.03. The number of aliphatic hydroxyl groups is 1. The maximum Gasteiger partial charge on any atom is 0.338 e. The van der Waals surface area contributed by atoms with Crippen molar-refractivity contribution in [2.24, 2.45) is 0 Å². The summed E-state index contributed by atoms with van der Waals surface area (Å²) >= 11 is 0. The standard InChI is InChI=1S/C18H19FO3/c1-18(2,3)22-17(21)13-6-4-12(5-7-13)16-9-8-15(19)10-14(16)11-20/h4-10,20H,11H2,1-3H3. The lowest BCUT2D eigenvalue weighted by molar-refractivity contribution is 0.00695. The Balaban J connectivity index is 2.28. The molecule has 0 aromatic heterocycles. The SMILES string of the molecule is CC(C)(C)OC(=O)c1ccc(-c2ccc(F)cc2CO)cc1. The van der Waals surface area contributed by atoms with E-state index >= 15 is 0 Å². The minimum absolute atomic E-state index is 0.249. The molecule has 116 valence electrons. The summed E-state index contributed by atoms with van der Waals surface area (Å²) in [5.41, 5.74) is 1.95. The zero-order valence-electron chi connectivity index (χ0n) is 12.9. The molecule has 0 atom stereocenters. The third-order valence-electron chi connectivity index (χ3n) is 3.07. The van der Waals surface area contributed by atoms with Crippen molar-refractivity contribution >= 4 is 5.97 Å². The van der Waals surface area contributed by atoms with Gasteiger partial charge < -0.3 is 9.84 Å². The van der Waals surface area contributed by atoms with Gasteiger partial charge in [-0.25, -0.2) is 9.18 Å². The van der Waals surface area contributed by atoms with E-state index in [0.717, 1.165) is 11.1 Å². The van der Waals surface area contributed by atoms with E-state index in [-0.39, 0.29) is 12.6 Å². The van der Waals surface area contributed by atoms with Crippen LogP contribution in [0.25, 0.3) is 11.1 Å². The lowest BCUT2D eigenvalue weighted by Crippen LogP contribution is -2.23. The van der Waals surface area contributed by atoms with Gasteiger partial charge in [0, 0.05) is 0 Å². The minimum Gasteiger partial charge on any atom is -0.456 e. The van der Waals surface area contributed by atoms with Crippen molar-refractivity contribution in [1.29, 1.82) is 0 Å². The number of carbonyl (C=O) groups excluding carboxylic acids is 1. The van der Waals surface area contributed by atoms with Gasteiger partial charge in [0.05, 0.1) is 12.2 Å². The van der Waals surface area contributed by atoms with Crippen molar-refractivity contribution in [3.05, 3.63) is 59.4 Å². The number of ether oxygens (including phenoxy) is 1. The zero-order chi connectivity index (χ0) is 16.3. The van der Waals surface area contributed by atoms with Crippen LogP contribution in [-0.2, 0) is 11.3 Å². The summed E-state index contributed by atoms with van der Waals surface area (Å²) in [6.07, 6.45) is 0. The molecule has 1 N–H and O–H groups in total. The van der Waals surface area contributed by atoms with Gasteiger partial charge in [0.1, 0.15) is 11.4 Å². The average Bonchev–Trinajstić information content (AvgIpc) is 2.45. The van der Waals surface area contributed by atoms with Gasteiger partial charge in [-0.3, -0.25) is 0 Å². The van der Waals surface area contributed by atoms with E-state index in [0.29, 0.717) is 11.1 Å². The molecule has 4 heteroatoms. The Morgan fingerprint density at radius 3 is 2.32 bits per heavy atom. The molecule has 0 aliphatic rings. The van der Waals surface area contributed by atoms with Gasteiger partial charge in [-0.05, 0) is 61.7 Å². The molecule has 2 aromatic carbocycles.